The number of piperidine rings is 1. The van der Waals surface area contributed by atoms with Gasteiger partial charge in [-0.1, -0.05) is 37.3 Å². The maximum atomic E-state index is 12.7. The Balaban J connectivity index is 1.17. The van der Waals surface area contributed by atoms with Gasteiger partial charge in [-0.05, 0) is 37.0 Å². The number of anilines is 1. The number of aromatic amines is 1. The van der Waals surface area contributed by atoms with Crippen molar-refractivity contribution in [3.8, 4) is 0 Å². The molecule has 0 amide bonds. The molecule has 0 bridgehead atoms. The largest absolute Gasteiger partial charge is 0.457 e. The molecule has 0 radical (unpaired) electrons. The maximum Gasteiger partial charge on any atom is 0.309 e. The summed E-state index contributed by atoms with van der Waals surface area (Å²) in [6.45, 7) is 3.15. The Labute approximate surface area is 185 Å². The van der Waals surface area contributed by atoms with Gasteiger partial charge in [0.25, 0.3) is 6.01 Å². The Kier molecular flexibility index (Phi) is 5.39. The second-order valence-corrected chi connectivity index (χ2v) is 8.15. The van der Waals surface area contributed by atoms with Crippen LogP contribution in [-0.2, 0) is 16.0 Å². The van der Waals surface area contributed by atoms with Crippen molar-refractivity contribution >= 4 is 39.8 Å². The van der Waals surface area contributed by atoms with E-state index in [4.69, 9.17) is 9.15 Å². The molecule has 0 aliphatic carbocycles. The third-order valence-electron chi connectivity index (χ3n) is 6.21. The number of Topliss-reactive ketones (excluding diaryl/α,β-unsaturated/α-hetero) is 1. The number of aromatic nitrogens is 2. The van der Waals surface area contributed by atoms with Gasteiger partial charge >= 0.3 is 5.97 Å². The zero-order valence-corrected chi connectivity index (χ0v) is 18.0. The van der Waals surface area contributed by atoms with Gasteiger partial charge in [-0.15, -0.1) is 0 Å². The summed E-state index contributed by atoms with van der Waals surface area (Å²) in [7, 11) is 0. The van der Waals surface area contributed by atoms with E-state index in [1.54, 1.807) is 6.20 Å². The number of hydrogen-bond donors (Lipinski definition) is 1. The van der Waals surface area contributed by atoms with Crippen LogP contribution in [0.5, 0.6) is 0 Å². The predicted octanol–water partition coefficient (Wildman–Crippen LogP) is 4.51. The van der Waals surface area contributed by atoms with Gasteiger partial charge in [0.05, 0.1) is 5.92 Å². The molecule has 2 aromatic heterocycles. The molecule has 7 heteroatoms. The van der Waals surface area contributed by atoms with Gasteiger partial charge in [0, 0.05) is 35.8 Å². The standard InChI is InChI=1S/C25H25N3O4/c1-2-16-6-5-7-18-19(14-26-23(16)18)21(29)15-31-24(30)17-10-12-28(13-11-17)25-27-20-8-3-4-9-22(20)32-25/h3-9,14,17,26H,2,10-13,15H2,1H3. The zero-order chi connectivity index (χ0) is 22.1. The lowest BCUT2D eigenvalue weighted by Crippen LogP contribution is -2.37. The lowest BCUT2D eigenvalue weighted by molar-refractivity contribution is -0.148. The first-order valence-electron chi connectivity index (χ1n) is 11.0. The quantitative estimate of drug-likeness (QED) is 0.357. The molecule has 1 N–H and O–H groups in total. The van der Waals surface area contributed by atoms with E-state index < -0.39 is 0 Å². The van der Waals surface area contributed by atoms with Crippen LogP contribution in [0.3, 0.4) is 0 Å². The van der Waals surface area contributed by atoms with Crippen LogP contribution < -0.4 is 4.90 Å². The Hall–Kier alpha value is -3.61. The summed E-state index contributed by atoms with van der Waals surface area (Å²) in [5.41, 5.74) is 4.27. The smallest absolute Gasteiger partial charge is 0.309 e. The third kappa shape index (κ3) is 3.75. The van der Waals surface area contributed by atoms with E-state index in [1.165, 1.54) is 0 Å². The van der Waals surface area contributed by atoms with Crippen LogP contribution in [0.25, 0.3) is 22.0 Å². The molecule has 5 rings (SSSR count). The van der Waals surface area contributed by atoms with Crippen LogP contribution in [-0.4, -0.2) is 41.4 Å². The number of H-pyrrole nitrogens is 1. The van der Waals surface area contributed by atoms with Crippen molar-refractivity contribution in [2.75, 3.05) is 24.6 Å². The van der Waals surface area contributed by atoms with Gasteiger partial charge in [0.1, 0.15) is 5.52 Å². The highest BCUT2D eigenvalue weighted by atomic mass is 16.5. The van der Waals surface area contributed by atoms with E-state index in [-0.39, 0.29) is 24.3 Å². The lowest BCUT2D eigenvalue weighted by atomic mass is 9.97. The van der Waals surface area contributed by atoms with Gasteiger partial charge in [0.15, 0.2) is 12.2 Å². The monoisotopic (exact) mass is 431 g/mol. The SMILES string of the molecule is CCc1cccc2c(C(=O)COC(=O)C3CCN(c4nc5ccccc5o4)CC3)c[nH]c12. The number of hydrogen-bond acceptors (Lipinski definition) is 6. The molecule has 1 saturated heterocycles. The number of nitrogens with one attached hydrogen (secondary N) is 1. The Morgan fingerprint density at radius 3 is 2.75 bits per heavy atom. The first-order valence-corrected chi connectivity index (χ1v) is 11.0. The summed E-state index contributed by atoms with van der Waals surface area (Å²) in [6.07, 6.45) is 3.86. The molecule has 2 aromatic carbocycles. The lowest BCUT2D eigenvalue weighted by Gasteiger charge is -2.29. The molecule has 4 aromatic rings. The van der Waals surface area contributed by atoms with Crippen LogP contribution in [0.4, 0.5) is 6.01 Å². The van der Waals surface area contributed by atoms with Crippen molar-refractivity contribution < 1.29 is 18.7 Å². The minimum absolute atomic E-state index is 0.193. The van der Waals surface area contributed by atoms with Crippen LogP contribution in [0.2, 0.25) is 0 Å². The molecule has 0 atom stereocenters. The Bertz CT molecular complexity index is 1250. The molecule has 7 nitrogen and oxygen atoms in total. The molecule has 0 saturated carbocycles. The number of carbonyl (C=O) groups excluding carboxylic acids is 2. The second kappa shape index (κ2) is 8.49. The summed E-state index contributed by atoms with van der Waals surface area (Å²) >= 11 is 0. The number of ketones is 1. The van der Waals surface area contributed by atoms with Gasteiger partial charge < -0.3 is 19.0 Å². The first kappa shape index (κ1) is 20.3. The van der Waals surface area contributed by atoms with Crippen LogP contribution >= 0.6 is 0 Å². The summed E-state index contributed by atoms with van der Waals surface area (Å²) in [4.78, 5) is 35.0. The van der Waals surface area contributed by atoms with E-state index in [0.29, 0.717) is 37.5 Å². The van der Waals surface area contributed by atoms with E-state index in [1.807, 2.05) is 47.4 Å². The Morgan fingerprint density at radius 2 is 1.97 bits per heavy atom. The van der Waals surface area contributed by atoms with Crippen molar-refractivity contribution in [1.29, 1.82) is 0 Å². The first-order chi connectivity index (χ1) is 15.6. The van der Waals surface area contributed by atoms with Crippen LogP contribution in [0.15, 0.2) is 53.1 Å². The van der Waals surface area contributed by atoms with E-state index in [2.05, 4.69) is 16.9 Å². The van der Waals surface area contributed by atoms with Crippen molar-refractivity contribution in [2.45, 2.75) is 26.2 Å². The van der Waals surface area contributed by atoms with Gasteiger partial charge in [-0.3, -0.25) is 9.59 Å². The molecule has 32 heavy (non-hydrogen) atoms. The van der Waals surface area contributed by atoms with Crippen molar-refractivity contribution in [1.82, 2.24) is 9.97 Å². The summed E-state index contributed by atoms with van der Waals surface area (Å²) < 4.78 is 11.2. The van der Waals surface area contributed by atoms with Crippen LogP contribution in [0.1, 0.15) is 35.7 Å². The van der Waals surface area contributed by atoms with Crippen molar-refractivity contribution in [3.63, 3.8) is 0 Å². The van der Waals surface area contributed by atoms with E-state index in [9.17, 15) is 9.59 Å². The highest BCUT2D eigenvalue weighted by Crippen LogP contribution is 2.27. The number of aryl methyl sites for hydroxylation is 1. The zero-order valence-electron chi connectivity index (χ0n) is 18.0. The number of benzene rings is 2. The molecule has 3 heterocycles. The number of carbonyl (C=O) groups is 2. The highest BCUT2D eigenvalue weighted by molar-refractivity contribution is 6.09. The van der Waals surface area contributed by atoms with Crippen molar-refractivity contribution in [3.05, 3.63) is 59.8 Å². The summed E-state index contributed by atoms with van der Waals surface area (Å²) in [5, 5.41) is 0.872. The number of fused-ring (bicyclic) bond motifs is 2. The average molecular weight is 431 g/mol. The Morgan fingerprint density at radius 1 is 1.16 bits per heavy atom. The molecule has 0 spiro atoms. The number of nitrogens with zero attached hydrogens (tertiary/aromatic N) is 2. The molecule has 1 aliphatic heterocycles. The van der Waals surface area contributed by atoms with Gasteiger partial charge in [0.2, 0.25) is 5.78 Å². The molecular formula is C25H25N3O4. The minimum atomic E-state index is -0.315. The fourth-order valence-electron chi connectivity index (χ4n) is 4.38. The normalized spacial score (nSPS) is 14.8. The molecule has 1 aliphatic rings. The van der Waals surface area contributed by atoms with E-state index >= 15 is 0 Å². The third-order valence-corrected chi connectivity index (χ3v) is 6.21. The van der Waals surface area contributed by atoms with Crippen molar-refractivity contribution in [2.24, 2.45) is 5.92 Å². The number of oxazole rings is 1. The maximum absolute atomic E-state index is 12.7. The number of para-hydroxylation sites is 3. The van der Waals surface area contributed by atoms with Gasteiger partial charge in [-0.2, -0.15) is 4.98 Å². The average Bonchev–Trinajstić information content (AvgIpc) is 3.47. The number of rotatable bonds is 6. The number of ether oxygens (including phenoxy) is 1. The fourth-order valence-corrected chi connectivity index (χ4v) is 4.38. The highest BCUT2D eigenvalue weighted by Gasteiger charge is 2.29. The topological polar surface area (TPSA) is 88.4 Å². The number of esters is 1. The van der Waals surface area contributed by atoms with E-state index in [0.717, 1.165) is 34.0 Å². The van der Waals surface area contributed by atoms with Crippen LogP contribution in [0, 0.1) is 5.92 Å². The molecule has 1 fully saturated rings. The molecule has 164 valence electrons. The second-order valence-electron chi connectivity index (χ2n) is 8.15. The minimum Gasteiger partial charge on any atom is -0.457 e. The molecule has 0 unspecified atom stereocenters. The molecular weight excluding hydrogens is 406 g/mol. The fraction of sp³-hybridized carbons (Fsp3) is 0.320. The van der Waals surface area contributed by atoms with Gasteiger partial charge in [-0.25, -0.2) is 0 Å². The predicted molar refractivity (Wildman–Crippen MR) is 122 cm³/mol. The summed E-state index contributed by atoms with van der Waals surface area (Å²) in [6, 6.07) is 14.1. The summed E-state index contributed by atoms with van der Waals surface area (Å²) in [5.74, 6) is -0.732.